The average Bonchev–Trinajstić information content (AvgIpc) is 1.85. The standard InChI is InChI=1S/C9H15N3O2/c10-8(13)12-5-9(6-12)3-11(4-9)7-1-14-2-7/h7H,1-6H2,(H2,10,13). The zero-order chi connectivity index (χ0) is 9.76. The van der Waals surface area contributed by atoms with Crippen LogP contribution in [0, 0.1) is 5.41 Å². The number of hydrogen-bond donors (Lipinski definition) is 1. The minimum absolute atomic E-state index is 0.277. The van der Waals surface area contributed by atoms with Gasteiger partial charge in [-0.1, -0.05) is 0 Å². The summed E-state index contributed by atoms with van der Waals surface area (Å²) in [6.45, 7) is 5.71. The summed E-state index contributed by atoms with van der Waals surface area (Å²) >= 11 is 0. The highest BCUT2D eigenvalue weighted by molar-refractivity contribution is 5.73. The summed E-state index contributed by atoms with van der Waals surface area (Å²) in [6, 6.07) is 0.365. The minimum atomic E-state index is -0.277. The quantitative estimate of drug-likeness (QED) is 0.591. The molecule has 0 bridgehead atoms. The number of nitrogens with two attached hydrogens (primary N) is 1. The van der Waals surface area contributed by atoms with E-state index < -0.39 is 0 Å². The third kappa shape index (κ3) is 1.05. The lowest BCUT2D eigenvalue weighted by molar-refractivity contribution is -0.165. The maximum atomic E-state index is 10.8. The van der Waals surface area contributed by atoms with Gasteiger partial charge in [-0.3, -0.25) is 4.90 Å². The Morgan fingerprint density at radius 2 is 1.93 bits per heavy atom. The summed E-state index contributed by atoms with van der Waals surface area (Å²) < 4.78 is 5.14. The molecule has 0 aromatic heterocycles. The van der Waals surface area contributed by atoms with Crippen molar-refractivity contribution in [1.82, 2.24) is 9.80 Å². The Morgan fingerprint density at radius 1 is 1.29 bits per heavy atom. The van der Waals surface area contributed by atoms with Gasteiger partial charge in [-0.25, -0.2) is 4.79 Å². The topological polar surface area (TPSA) is 58.8 Å². The lowest BCUT2D eigenvalue weighted by atomic mass is 9.72. The first-order valence-corrected chi connectivity index (χ1v) is 5.05. The second-order valence-electron chi connectivity index (χ2n) is 4.79. The molecule has 1 spiro atoms. The van der Waals surface area contributed by atoms with E-state index >= 15 is 0 Å². The van der Waals surface area contributed by atoms with E-state index in [0.717, 1.165) is 39.4 Å². The molecular weight excluding hydrogens is 182 g/mol. The Morgan fingerprint density at radius 3 is 2.36 bits per heavy atom. The summed E-state index contributed by atoms with van der Waals surface area (Å²) in [5.74, 6) is 0. The Hall–Kier alpha value is -0.810. The number of hydrogen-bond acceptors (Lipinski definition) is 3. The van der Waals surface area contributed by atoms with Gasteiger partial charge in [0.15, 0.2) is 0 Å². The average molecular weight is 197 g/mol. The summed E-state index contributed by atoms with van der Waals surface area (Å²) in [7, 11) is 0. The predicted octanol–water partition coefficient (Wildman–Crippen LogP) is -0.918. The predicted molar refractivity (Wildman–Crippen MR) is 49.8 cm³/mol. The Labute approximate surface area is 82.8 Å². The maximum absolute atomic E-state index is 10.8. The van der Waals surface area contributed by atoms with Gasteiger partial charge in [0.1, 0.15) is 0 Å². The van der Waals surface area contributed by atoms with Crippen molar-refractivity contribution < 1.29 is 9.53 Å². The molecule has 3 heterocycles. The zero-order valence-electron chi connectivity index (χ0n) is 8.11. The number of amides is 2. The zero-order valence-corrected chi connectivity index (χ0v) is 8.11. The van der Waals surface area contributed by atoms with E-state index in [4.69, 9.17) is 10.5 Å². The van der Waals surface area contributed by atoms with Gasteiger partial charge in [-0.05, 0) is 0 Å². The van der Waals surface area contributed by atoms with Crippen LogP contribution in [0.3, 0.4) is 0 Å². The molecule has 0 aromatic rings. The monoisotopic (exact) mass is 197 g/mol. The molecule has 14 heavy (non-hydrogen) atoms. The van der Waals surface area contributed by atoms with Crippen molar-refractivity contribution in [3.63, 3.8) is 0 Å². The van der Waals surface area contributed by atoms with E-state index in [0.29, 0.717) is 11.5 Å². The molecule has 3 fully saturated rings. The molecule has 78 valence electrons. The third-order valence-corrected chi connectivity index (χ3v) is 3.58. The molecule has 2 N–H and O–H groups in total. The van der Waals surface area contributed by atoms with Crippen LogP contribution in [0.5, 0.6) is 0 Å². The molecule has 5 nitrogen and oxygen atoms in total. The summed E-state index contributed by atoms with van der Waals surface area (Å²) in [6.07, 6.45) is 0. The molecule has 3 rings (SSSR count). The first kappa shape index (κ1) is 8.49. The van der Waals surface area contributed by atoms with Gasteiger partial charge >= 0.3 is 6.03 Å². The highest BCUT2D eigenvalue weighted by atomic mass is 16.5. The van der Waals surface area contributed by atoms with Crippen LogP contribution in [0.2, 0.25) is 0 Å². The van der Waals surface area contributed by atoms with E-state index in [9.17, 15) is 4.79 Å². The van der Waals surface area contributed by atoms with Crippen molar-refractivity contribution in [3.8, 4) is 0 Å². The Kier molecular flexibility index (Phi) is 1.58. The van der Waals surface area contributed by atoms with Crippen LogP contribution in [0.15, 0.2) is 0 Å². The summed E-state index contributed by atoms with van der Waals surface area (Å²) in [5.41, 5.74) is 5.56. The fourth-order valence-electron chi connectivity index (χ4n) is 2.63. The van der Waals surface area contributed by atoms with Gasteiger partial charge in [-0.2, -0.15) is 0 Å². The second-order valence-corrected chi connectivity index (χ2v) is 4.79. The maximum Gasteiger partial charge on any atom is 0.314 e. The Bertz CT molecular complexity index is 263. The smallest absolute Gasteiger partial charge is 0.314 e. The fraction of sp³-hybridized carbons (Fsp3) is 0.889. The van der Waals surface area contributed by atoms with Crippen LogP contribution < -0.4 is 5.73 Å². The first-order chi connectivity index (χ1) is 6.69. The fourth-order valence-corrected chi connectivity index (χ4v) is 2.63. The van der Waals surface area contributed by atoms with Crippen molar-refractivity contribution in [2.24, 2.45) is 11.1 Å². The molecule has 0 saturated carbocycles. The highest BCUT2D eigenvalue weighted by Crippen LogP contribution is 2.41. The molecule has 3 aliphatic rings. The normalized spacial score (nSPS) is 30.7. The van der Waals surface area contributed by atoms with E-state index in [2.05, 4.69) is 4.90 Å². The van der Waals surface area contributed by atoms with Gasteiger partial charge in [-0.15, -0.1) is 0 Å². The van der Waals surface area contributed by atoms with Gasteiger partial charge in [0.05, 0.1) is 19.3 Å². The highest BCUT2D eigenvalue weighted by Gasteiger charge is 2.54. The molecule has 0 radical (unpaired) electrons. The number of ether oxygens (including phenoxy) is 1. The number of urea groups is 1. The van der Waals surface area contributed by atoms with Crippen molar-refractivity contribution in [2.45, 2.75) is 6.04 Å². The third-order valence-electron chi connectivity index (χ3n) is 3.58. The Balaban J connectivity index is 1.48. The lowest BCUT2D eigenvalue weighted by Gasteiger charge is -2.62. The van der Waals surface area contributed by atoms with Gasteiger partial charge in [0.25, 0.3) is 0 Å². The molecular formula is C9H15N3O2. The van der Waals surface area contributed by atoms with Crippen molar-refractivity contribution in [1.29, 1.82) is 0 Å². The lowest BCUT2D eigenvalue weighted by Crippen LogP contribution is -2.76. The van der Waals surface area contributed by atoms with Crippen LogP contribution in [0.1, 0.15) is 0 Å². The van der Waals surface area contributed by atoms with Crippen LogP contribution in [-0.2, 0) is 4.74 Å². The number of carbonyl (C=O) groups excluding carboxylic acids is 1. The van der Waals surface area contributed by atoms with Crippen LogP contribution in [-0.4, -0.2) is 61.3 Å². The number of nitrogens with zero attached hydrogens (tertiary/aromatic N) is 2. The van der Waals surface area contributed by atoms with Gasteiger partial charge < -0.3 is 15.4 Å². The summed E-state index contributed by atoms with van der Waals surface area (Å²) in [4.78, 5) is 15.0. The van der Waals surface area contributed by atoms with Crippen LogP contribution in [0.25, 0.3) is 0 Å². The molecule has 2 amide bonds. The second kappa shape index (κ2) is 2.61. The van der Waals surface area contributed by atoms with E-state index in [-0.39, 0.29) is 6.03 Å². The van der Waals surface area contributed by atoms with Crippen LogP contribution >= 0.6 is 0 Å². The van der Waals surface area contributed by atoms with Crippen molar-refractivity contribution in [2.75, 3.05) is 39.4 Å². The van der Waals surface area contributed by atoms with Crippen LogP contribution in [0.4, 0.5) is 4.79 Å². The van der Waals surface area contributed by atoms with E-state index in [1.807, 2.05) is 0 Å². The van der Waals surface area contributed by atoms with Gasteiger partial charge in [0, 0.05) is 31.6 Å². The first-order valence-electron chi connectivity index (χ1n) is 5.05. The molecule has 0 atom stereocenters. The molecule has 0 unspecified atom stereocenters. The number of carbonyl (C=O) groups is 1. The molecule has 5 heteroatoms. The molecule has 3 aliphatic heterocycles. The van der Waals surface area contributed by atoms with Crippen molar-refractivity contribution in [3.05, 3.63) is 0 Å². The minimum Gasteiger partial charge on any atom is -0.378 e. The largest absolute Gasteiger partial charge is 0.378 e. The number of likely N-dealkylation sites (tertiary alicyclic amines) is 2. The SMILES string of the molecule is NC(=O)N1CC2(C1)CN(C1COC1)C2. The molecule has 3 saturated heterocycles. The number of primary amides is 1. The van der Waals surface area contributed by atoms with Gasteiger partial charge in [0.2, 0.25) is 0 Å². The van der Waals surface area contributed by atoms with E-state index in [1.54, 1.807) is 4.90 Å². The van der Waals surface area contributed by atoms with Crippen molar-refractivity contribution >= 4 is 6.03 Å². The molecule has 0 aromatic carbocycles. The number of rotatable bonds is 1. The summed E-state index contributed by atoms with van der Waals surface area (Å²) in [5, 5.41) is 0. The molecule has 0 aliphatic carbocycles. The van der Waals surface area contributed by atoms with E-state index in [1.165, 1.54) is 0 Å².